The zero-order valence-corrected chi connectivity index (χ0v) is 13.8. The lowest BCUT2D eigenvalue weighted by molar-refractivity contribution is 0.0953. The van der Waals surface area contributed by atoms with E-state index in [2.05, 4.69) is 20.1 Å². The number of furan rings is 1. The van der Waals surface area contributed by atoms with E-state index >= 15 is 0 Å². The fourth-order valence-electron chi connectivity index (χ4n) is 2.38. The van der Waals surface area contributed by atoms with Crippen molar-refractivity contribution in [1.29, 1.82) is 0 Å². The highest BCUT2D eigenvalue weighted by Crippen LogP contribution is 2.21. The highest BCUT2D eigenvalue weighted by molar-refractivity contribution is 7.12. The third-order valence-electron chi connectivity index (χ3n) is 3.55. The summed E-state index contributed by atoms with van der Waals surface area (Å²) in [6, 6.07) is 3.63. The number of hydrogen-bond acceptors (Lipinski definition) is 5. The predicted octanol–water partition coefficient (Wildman–Crippen LogP) is 3.22. The van der Waals surface area contributed by atoms with E-state index < -0.39 is 0 Å². The van der Waals surface area contributed by atoms with Crippen LogP contribution in [0.2, 0.25) is 0 Å². The molecule has 0 unspecified atom stereocenters. The minimum absolute atomic E-state index is 0.291. The topological polar surface area (TPSA) is 72.4 Å². The van der Waals surface area contributed by atoms with Gasteiger partial charge in [-0.25, -0.2) is 10.4 Å². The standard InChI is InChI=1S/C16H16N4O2S/c1-10-8-13(11(2)20(10)16-17-5-7-23-16)9-18-19-15(21)14-4-6-22-12(14)3/h4-9H,1-3H3,(H,19,21)/b18-9-. The Morgan fingerprint density at radius 1 is 1.43 bits per heavy atom. The van der Waals surface area contributed by atoms with E-state index in [1.54, 1.807) is 36.7 Å². The van der Waals surface area contributed by atoms with Crippen LogP contribution in [-0.2, 0) is 0 Å². The molecule has 0 aliphatic rings. The van der Waals surface area contributed by atoms with Crippen LogP contribution in [0.3, 0.4) is 0 Å². The van der Waals surface area contributed by atoms with E-state index in [1.165, 1.54) is 6.26 Å². The summed E-state index contributed by atoms with van der Waals surface area (Å²) in [5.41, 5.74) is 6.02. The first-order valence-corrected chi connectivity index (χ1v) is 7.92. The minimum atomic E-state index is -0.291. The number of hydrazone groups is 1. The van der Waals surface area contributed by atoms with Gasteiger partial charge in [0.15, 0.2) is 5.13 Å². The molecule has 118 valence electrons. The summed E-state index contributed by atoms with van der Waals surface area (Å²) >= 11 is 1.57. The van der Waals surface area contributed by atoms with Gasteiger partial charge in [0.1, 0.15) is 5.76 Å². The Morgan fingerprint density at radius 3 is 2.91 bits per heavy atom. The fourth-order valence-corrected chi connectivity index (χ4v) is 3.13. The molecule has 1 amide bonds. The van der Waals surface area contributed by atoms with Crippen molar-refractivity contribution in [3.63, 3.8) is 0 Å². The van der Waals surface area contributed by atoms with Crippen LogP contribution in [0.1, 0.15) is 33.1 Å². The first kappa shape index (κ1) is 15.2. The minimum Gasteiger partial charge on any atom is -0.469 e. The first-order chi connectivity index (χ1) is 11.1. The fraction of sp³-hybridized carbons (Fsp3) is 0.188. The van der Waals surface area contributed by atoms with Crippen LogP contribution >= 0.6 is 11.3 Å². The molecule has 0 radical (unpaired) electrons. The lowest BCUT2D eigenvalue weighted by Gasteiger charge is -2.04. The molecule has 0 aliphatic carbocycles. The van der Waals surface area contributed by atoms with Gasteiger partial charge >= 0.3 is 0 Å². The molecule has 0 bridgehead atoms. The second kappa shape index (κ2) is 6.21. The molecule has 7 heteroatoms. The monoisotopic (exact) mass is 328 g/mol. The lowest BCUT2D eigenvalue weighted by atomic mass is 10.2. The third-order valence-corrected chi connectivity index (χ3v) is 4.31. The average Bonchev–Trinajstić information content (AvgIpc) is 3.22. The van der Waals surface area contributed by atoms with Crippen LogP contribution < -0.4 is 5.43 Å². The summed E-state index contributed by atoms with van der Waals surface area (Å²) in [6.45, 7) is 5.75. The van der Waals surface area contributed by atoms with Gasteiger partial charge in [0.25, 0.3) is 5.91 Å². The molecule has 3 aromatic rings. The lowest BCUT2D eigenvalue weighted by Crippen LogP contribution is -2.17. The highest BCUT2D eigenvalue weighted by atomic mass is 32.1. The summed E-state index contributed by atoms with van der Waals surface area (Å²) in [5.74, 6) is 0.279. The Hall–Kier alpha value is -2.67. The van der Waals surface area contributed by atoms with Gasteiger partial charge < -0.3 is 4.42 Å². The average molecular weight is 328 g/mol. The van der Waals surface area contributed by atoms with Crippen LogP contribution in [0, 0.1) is 20.8 Å². The number of aryl methyl sites for hydroxylation is 2. The van der Waals surface area contributed by atoms with Gasteiger partial charge in [-0.2, -0.15) is 5.10 Å². The molecule has 3 aromatic heterocycles. The molecule has 0 atom stereocenters. The van der Waals surface area contributed by atoms with Crippen LogP contribution in [0.5, 0.6) is 0 Å². The molecule has 1 N–H and O–H groups in total. The van der Waals surface area contributed by atoms with Crippen LogP contribution in [0.15, 0.2) is 39.5 Å². The second-order valence-electron chi connectivity index (χ2n) is 5.07. The van der Waals surface area contributed by atoms with Crippen molar-refractivity contribution in [1.82, 2.24) is 15.0 Å². The van der Waals surface area contributed by atoms with Crippen molar-refractivity contribution in [3.05, 3.63) is 58.2 Å². The van der Waals surface area contributed by atoms with Crippen molar-refractivity contribution in [2.45, 2.75) is 20.8 Å². The Morgan fingerprint density at radius 2 is 2.26 bits per heavy atom. The molecule has 3 rings (SSSR count). The number of thiazole rings is 1. The maximum atomic E-state index is 12.0. The predicted molar refractivity (Wildman–Crippen MR) is 89.4 cm³/mol. The normalized spacial score (nSPS) is 11.3. The summed E-state index contributed by atoms with van der Waals surface area (Å²) in [5, 5.41) is 6.89. The number of aromatic nitrogens is 2. The molecule has 3 heterocycles. The van der Waals surface area contributed by atoms with Crippen molar-refractivity contribution < 1.29 is 9.21 Å². The Kier molecular flexibility index (Phi) is 4.12. The van der Waals surface area contributed by atoms with E-state index in [0.29, 0.717) is 11.3 Å². The maximum absolute atomic E-state index is 12.0. The van der Waals surface area contributed by atoms with Crippen LogP contribution in [0.25, 0.3) is 5.13 Å². The smallest absolute Gasteiger partial charge is 0.274 e. The third kappa shape index (κ3) is 2.95. The molecular formula is C16H16N4O2S. The molecule has 0 saturated heterocycles. The number of amides is 1. The van der Waals surface area contributed by atoms with Crippen LogP contribution in [-0.4, -0.2) is 21.7 Å². The molecular weight excluding hydrogens is 312 g/mol. The van der Waals surface area contributed by atoms with Gasteiger partial charge in [-0.1, -0.05) is 0 Å². The zero-order valence-electron chi connectivity index (χ0n) is 13.0. The van der Waals surface area contributed by atoms with Gasteiger partial charge in [0.05, 0.1) is 18.0 Å². The summed E-state index contributed by atoms with van der Waals surface area (Å²) in [6.07, 6.45) is 4.90. The van der Waals surface area contributed by atoms with Crippen LogP contribution in [0.4, 0.5) is 0 Å². The number of nitrogens with one attached hydrogen (secondary N) is 1. The van der Waals surface area contributed by atoms with Crippen molar-refractivity contribution in [2.75, 3.05) is 0 Å². The molecule has 6 nitrogen and oxygen atoms in total. The highest BCUT2D eigenvalue weighted by Gasteiger charge is 2.12. The summed E-state index contributed by atoms with van der Waals surface area (Å²) < 4.78 is 7.17. The van der Waals surface area contributed by atoms with E-state index in [4.69, 9.17) is 4.42 Å². The molecule has 0 spiro atoms. The number of nitrogens with zero attached hydrogens (tertiary/aromatic N) is 3. The van der Waals surface area contributed by atoms with Crippen molar-refractivity contribution >= 4 is 23.5 Å². The zero-order chi connectivity index (χ0) is 16.4. The van der Waals surface area contributed by atoms with Gasteiger partial charge in [-0.05, 0) is 32.9 Å². The Labute approximate surface area is 137 Å². The molecule has 0 fully saturated rings. The van der Waals surface area contributed by atoms with Crippen molar-refractivity contribution in [2.24, 2.45) is 5.10 Å². The van der Waals surface area contributed by atoms with E-state index in [-0.39, 0.29) is 5.91 Å². The first-order valence-electron chi connectivity index (χ1n) is 7.04. The second-order valence-corrected chi connectivity index (χ2v) is 5.94. The van der Waals surface area contributed by atoms with Gasteiger partial charge in [-0.3, -0.25) is 9.36 Å². The molecule has 0 aliphatic heterocycles. The van der Waals surface area contributed by atoms with Gasteiger partial charge in [0.2, 0.25) is 0 Å². The van der Waals surface area contributed by atoms with E-state index in [1.807, 2.05) is 25.3 Å². The molecule has 0 aromatic carbocycles. The maximum Gasteiger partial charge on any atom is 0.274 e. The largest absolute Gasteiger partial charge is 0.469 e. The van der Waals surface area contributed by atoms with Crippen molar-refractivity contribution in [3.8, 4) is 5.13 Å². The Balaban J connectivity index is 1.77. The molecule has 23 heavy (non-hydrogen) atoms. The molecule has 0 saturated carbocycles. The summed E-state index contributed by atoms with van der Waals surface area (Å²) in [7, 11) is 0. The quantitative estimate of drug-likeness (QED) is 0.590. The SMILES string of the molecule is Cc1occc1C(=O)N/N=C\c1cc(C)n(-c2nccs2)c1C. The van der Waals surface area contributed by atoms with Gasteiger partial charge in [-0.15, -0.1) is 11.3 Å². The van der Waals surface area contributed by atoms with Gasteiger partial charge in [0, 0.05) is 28.5 Å². The number of rotatable bonds is 4. The Bertz CT molecular complexity index is 859. The number of hydrogen-bond donors (Lipinski definition) is 1. The van der Waals surface area contributed by atoms with E-state index in [9.17, 15) is 4.79 Å². The van der Waals surface area contributed by atoms with E-state index in [0.717, 1.165) is 22.1 Å². The number of carbonyl (C=O) groups excluding carboxylic acids is 1. The summed E-state index contributed by atoms with van der Waals surface area (Å²) in [4.78, 5) is 16.3. The number of carbonyl (C=O) groups is 1.